The van der Waals surface area contributed by atoms with Crippen LogP contribution in [-0.2, 0) is 6.54 Å². The van der Waals surface area contributed by atoms with Crippen LogP contribution in [0.3, 0.4) is 0 Å². The van der Waals surface area contributed by atoms with Crippen molar-refractivity contribution in [3.8, 4) is 0 Å². The standard InChI is InChI=1S/C10H13N3O2/c1-10(2,11)6-13-8-7(15-9(13)14)4-3-5-12-8/h3-5H,6,11H2,1-2H3. The highest BCUT2D eigenvalue weighted by Gasteiger charge is 2.17. The lowest BCUT2D eigenvalue weighted by Gasteiger charge is -2.17. The molecule has 0 spiro atoms. The number of oxazole rings is 1. The molecule has 0 aliphatic carbocycles. The van der Waals surface area contributed by atoms with E-state index >= 15 is 0 Å². The van der Waals surface area contributed by atoms with Crippen LogP contribution in [0.15, 0.2) is 27.5 Å². The fraction of sp³-hybridized carbons (Fsp3) is 0.400. The van der Waals surface area contributed by atoms with Crippen LogP contribution in [0.5, 0.6) is 0 Å². The van der Waals surface area contributed by atoms with E-state index in [4.69, 9.17) is 10.2 Å². The van der Waals surface area contributed by atoms with Crippen LogP contribution in [-0.4, -0.2) is 15.1 Å². The maximum atomic E-state index is 11.5. The maximum absolute atomic E-state index is 11.5. The monoisotopic (exact) mass is 207 g/mol. The van der Waals surface area contributed by atoms with E-state index in [1.54, 1.807) is 18.3 Å². The third kappa shape index (κ3) is 1.92. The predicted octanol–water partition coefficient (Wildman–Crippen LogP) is 0.727. The molecule has 2 rings (SSSR count). The van der Waals surface area contributed by atoms with Crippen molar-refractivity contribution in [2.24, 2.45) is 5.73 Å². The van der Waals surface area contributed by atoms with Crippen molar-refractivity contribution >= 4 is 11.2 Å². The molecular weight excluding hydrogens is 194 g/mol. The van der Waals surface area contributed by atoms with Gasteiger partial charge in [0.1, 0.15) is 0 Å². The molecule has 0 aliphatic rings. The number of rotatable bonds is 2. The minimum atomic E-state index is -0.474. The van der Waals surface area contributed by atoms with Gasteiger partial charge in [-0.25, -0.2) is 9.78 Å². The summed E-state index contributed by atoms with van der Waals surface area (Å²) in [5.74, 6) is -0.415. The van der Waals surface area contributed by atoms with Gasteiger partial charge in [-0.3, -0.25) is 4.57 Å². The fourth-order valence-corrected chi connectivity index (χ4v) is 1.45. The quantitative estimate of drug-likeness (QED) is 0.787. The van der Waals surface area contributed by atoms with Crippen LogP contribution < -0.4 is 11.5 Å². The van der Waals surface area contributed by atoms with Gasteiger partial charge in [-0.1, -0.05) is 0 Å². The van der Waals surface area contributed by atoms with Gasteiger partial charge >= 0.3 is 5.76 Å². The highest BCUT2D eigenvalue weighted by molar-refractivity contribution is 5.67. The second-order valence-electron chi connectivity index (χ2n) is 4.27. The molecule has 0 saturated carbocycles. The van der Waals surface area contributed by atoms with E-state index in [1.165, 1.54) is 4.57 Å². The zero-order valence-corrected chi connectivity index (χ0v) is 8.73. The largest absolute Gasteiger partial charge is 0.421 e. The number of aromatic nitrogens is 2. The van der Waals surface area contributed by atoms with Gasteiger partial charge in [-0.2, -0.15) is 0 Å². The van der Waals surface area contributed by atoms with Gasteiger partial charge in [0, 0.05) is 18.3 Å². The average Bonchev–Trinajstić information content (AvgIpc) is 2.41. The number of fused-ring (bicyclic) bond motifs is 1. The summed E-state index contributed by atoms with van der Waals surface area (Å²) in [6.07, 6.45) is 1.62. The second kappa shape index (κ2) is 3.20. The Balaban J connectivity index is 2.60. The zero-order chi connectivity index (χ0) is 11.1. The lowest BCUT2D eigenvalue weighted by atomic mass is 10.1. The van der Waals surface area contributed by atoms with Crippen molar-refractivity contribution in [3.63, 3.8) is 0 Å². The second-order valence-corrected chi connectivity index (χ2v) is 4.27. The molecule has 5 nitrogen and oxygen atoms in total. The molecule has 5 heteroatoms. The van der Waals surface area contributed by atoms with Gasteiger partial charge in [-0.15, -0.1) is 0 Å². The topological polar surface area (TPSA) is 74.0 Å². The lowest BCUT2D eigenvalue weighted by Crippen LogP contribution is -2.39. The molecule has 2 heterocycles. The van der Waals surface area contributed by atoms with Crippen LogP contribution in [0.1, 0.15) is 13.8 Å². The molecule has 0 fully saturated rings. The summed E-state index contributed by atoms with van der Waals surface area (Å²) in [5.41, 5.74) is 6.42. The molecule has 0 aliphatic heterocycles. The van der Waals surface area contributed by atoms with E-state index in [0.717, 1.165) is 0 Å². The normalized spacial score (nSPS) is 12.2. The molecule has 0 bridgehead atoms. The predicted molar refractivity (Wildman–Crippen MR) is 56.5 cm³/mol. The Morgan fingerprint density at radius 2 is 2.33 bits per heavy atom. The average molecular weight is 207 g/mol. The highest BCUT2D eigenvalue weighted by Crippen LogP contribution is 2.11. The van der Waals surface area contributed by atoms with Crippen molar-refractivity contribution in [2.45, 2.75) is 25.9 Å². The van der Waals surface area contributed by atoms with Crippen LogP contribution in [0.2, 0.25) is 0 Å². The molecule has 0 atom stereocenters. The molecule has 0 aromatic carbocycles. The van der Waals surface area contributed by atoms with E-state index in [1.807, 2.05) is 13.8 Å². The number of hydrogen-bond donors (Lipinski definition) is 1. The van der Waals surface area contributed by atoms with Crippen LogP contribution in [0, 0.1) is 0 Å². The molecule has 2 aromatic rings. The molecule has 0 radical (unpaired) electrons. The summed E-state index contributed by atoms with van der Waals surface area (Å²) in [6.45, 7) is 4.08. The minimum absolute atomic E-state index is 0.385. The number of pyridine rings is 1. The molecule has 2 aromatic heterocycles. The molecule has 2 N–H and O–H groups in total. The third-order valence-electron chi connectivity index (χ3n) is 1.99. The van der Waals surface area contributed by atoms with Crippen LogP contribution in [0.4, 0.5) is 0 Å². The Kier molecular flexibility index (Phi) is 2.12. The molecular formula is C10H13N3O2. The van der Waals surface area contributed by atoms with Gasteiger partial charge < -0.3 is 10.2 Å². The smallest absolute Gasteiger partial charge is 0.406 e. The van der Waals surface area contributed by atoms with Gasteiger partial charge in [0.05, 0.1) is 0 Å². The summed E-state index contributed by atoms with van der Waals surface area (Å²) >= 11 is 0. The van der Waals surface area contributed by atoms with Gasteiger partial charge in [0.2, 0.25) is 0 Å². The fourth-order valence-electron chi connectivity index (χ4n) is 1.45. The summed E-state index contributed by atoms with van der Waals surface area (Å²) in [6, 6.07) is 3.44. The Morgan fingerprint density at radius 1 is 1.60 bits per heavy atom. The zero-order valence-electron chi connectivity index (χ0n) is 8.73. The number of hydrogen-bond acceptors (Lipinski definition) is 4. The summed E-state index contributed by atoms with van der Waals surface area (Å²) < 4.78 is 6.49. The number of nitrogens with two attached hydrogens (primary N) is 1. The van der Waals surface area contributed by atoms with Crippen molar-refractivity contribution in [1.82, 2.24) is 9.55 Å². The number of nitrogens with zero attached hydrogens (tertiary/aromatic N) is 2. The third-order valence-corrected chi connectivity index (χ3v) is 1.99. The Labute approximate surface area is 86.5 Å². The van der Waals surface area contributed by atoms with Crippen molar-refractivity contribution in [3.05, 3.63) is 28.9 Å². The first kappa shape index (κ1) is 9.92. The van der Waals surface area contributed by atoms with Crippen LogP contribution in [0.25, 0.3) is 11.2 Å². The lowest BCUT2D eigenvalue weighted by molar-refractivity contribution is 0.405. The first-order valence-electron chi connectivity index (χ1n) is 4.71. The molecule has 0 unspecified atom stereocenters. The maximum Gasteiger partial charge on any atom is 0.421 e. The first-order chi connectivity index (χ1) is 6.97. The summed E-state index contributed by atoms with van der Waals surface area (Å²) in [4.78, 5) is 15.6. The molecule has 80 valence electrons. The van der Waals surface area contributed by atoms with E-state index in [2.05, 4.69) is 4.98 Å². The van der Waals surface area contributed by atoms with Gasteiger partial charge in [0.15, 0.2) is 11.2 Å². The Morgan fingerprint density at radius 3 is 3.00 bits per heavy atom. The first-order valence-corrected chi connectivity index (χ1v) is 4.71. The molecule has 0 saturated heterocycles. The van der Waals surface area contributed by atoms with Gasteiger partial charge in [0.25, 0.3) is 0 Å². The highest BCUT2D eigenvalue weighted by atomic mass is 16.4. The van der Waals surface area contributed by atoms with Gasteiger partial charge in [-0.05, 0) is 26.0 Å². The Bertz CT molecular complexity index is 533. The molecule has 0 amide bonds. The summed E-state index contributed by atoms with van der Waals surface area (Å²) in [7, 11) is 0. The van der Waals surface area contributed by atoms with Crippen molar-refractivity contribution < 1.29 is 4.42 Å². The van der Waals surface area contributed by atoms with E-state index in [-0.39, 0.29) is 0 Å². The molecule has 15 heavy (non-hydrogen) atoms. The minimum Gasteiger partial charge on any atom is -0.406 e. The summed E-state index contributed by atoms with van der Waals surface area (Å²) in [5, 5.41) is 0. The van der Waals surface area contributed by atoms with Crippen molar-refractivity contribution in [1.29, 1.82) is 0 Å². The van der Waals surface area contributed by atoms with Crippen LogP contribution >= 0.6 is 0 Å². The van der Waals surface area contributed by atoms with E-state index in [0.29, 0.717) is 17.8 Å². The van der Waals surface area contributed by atoms with Crippen molar-refractivity contribution in [2.75, 3.05) is 0 Å². The van der Waals surface area contributed by atoms with E-state index < -0.39 is 11.3 Å². The Hall–Kier alpha value is -1.62. The van der Waals surface area contributed by atoms with E-state index in [9.17, 15) is 4.79 Å². The SMILES string of the molecule is CC(C)(N)Cn1c(=O)oc2cccnc21.